The van der Waals surface area contributed by atoms with Crippen molar-refractivity contribution in [3.05, 3.63) is 107 Å². The maximum atomic E-state index is 13.5. The van der Waals surface area contributed by atoms with E-state index in [0.29, 0.717) is 28.1 Å². The molecule has 4 rings (SSSR count). The predicted octanol–water partition coefficient (Wildman–Crippen LogP) is 4.27. The zero-order valence-corrected chi connectivity index (χ0v) is 16.9. The fraction of sp³-hybridized carbons (Fsp3) is 0.0800. The summed E-state index contributed by atoms with van der Waals surface area (Å²) < 4.78 is 19.3. The molecule has 7 heteroatoms. The molecule has 3 N–H and O–H groups in total. The smallest absolute Gasteiger partial charge is 0.335 e. The van der Waals surface area contributed by atoms with Crippen LogP contribution in [0.4, 0.5) is 4.39 Å². The van der Waals surface area contributed by atoms with Crippen LogP contribution in [0.1, 0.15) is 33.1 Å². The number of nitrogens with two attached hydrogens (primary N) is 1. The molecular formula is C25H19FN2O4. The Morgan fingerprint density at radius 3 is 2.56 bits per heavy atom. The quantitative estimate of drug-likeness (QED) is 0.456. The molecule has 1 aromatic heterocycles. The first-order valence-electron chi connectivity index (χ1n) is 9.82. The molecule has 0 aliphatic rings. The van der Waals surface area contributed by atoms with E-state index in [-0.39, 0.29) is 18.0 Å². The maximum Gasteiger partial charge on any atom is 0.335 e. The zero-order chi connectivity index (χ0) is 22.7. The normalized spacial score (nSPS) is 11.8. The Labute approximate surface area is 183 Å². The van der Waals surface area contributed by atoms with Gasteiger partial charge in [-0.15, -0.1) is 0 Å². The first kappa shape index (κ1) is 21.0. The van der Waals surface area contributed by atoms with Gasteiger partial charge in [-0.25, -0.2) is 14.2 Å². The van der Waals surface area contributed by atoms with E-state index >= 15 is 0 Å². The summed E-state index contributed by atoms with van der Waals surface area (Å²) in [6, 6.07) is 21.0. The number of halogens is 1. The molecule has 3 aromatic carbocycles. The third kappa shape index (κ3) is 4.41. The van der Waals surface area contributed by atoms with Crippen molar-refractivity contribution in [3.8, 4) is 5.75 Å². The fourth-order valence-electron chi connectivity index (χ4n) is 3.59. The number of amides is 1. The molecule has 0 fully saturated rings. The molecular weight excluding hydrogens is 411 g/mol. The van der Waals surface area contributed by atoms with Gasteiger partial charge in [0.05, 0.1) is 22.7 Å². The molecule has 1 amide bonds. The van der Waals surface area contributed by atoms with Gasteiger partial charge in [-0.1, -0.05) is 36.4 Å². The van der Waals surface area contributed by atoms with Crippen molar-refractivity contribution in [2.24, 2.45) is 5.73 Å². The van der Waals surface area contributed by atoms with E-state index in [2.05, 4.69) is 4.98 Å². The monoisotopic (exact) mass is 430 g/mol. The van der Waals surface area contributed by atoms with Crippen LogP contribution in [0, 0.1) is 5.82 Å². The third-order valence-corrected chi connectivity index (χ3v) is 5.08. The Morgan fingerprint density at radius 1 is 1.00 bits per heavy atom. The van der Waals surface area contributed by atoms with Crippen LogP contribution >= 0.6 is 0 Å². The van der Waals surface area contributed by atoms with Crippen LogP contribution in [0.5, 0.6) is 5.75 Å². The van der Waals surface area contributed by atoms with Crippen molar-refractivity contribution in [2.75, 3.05) is 0 Å². The van der Waals surface area contributed by atoms with Crippen LogP contribution in [0.25, 0.3) is 10.9 Å². The molecule has 0 aliphatic carbocycles. The Morgan fingerprint density at radius 2 is 1.78 bits per heavy atom. The Hall–Kier alpha value is -4.26. The minimum Gasteiger partial charge on any atom is -0.487 e. The first-order valence-corrected chi connectivity index (χ1v) is 9.82. The molecule has 0 saturated heterocycles. The number of aromatic carboxylic acids is 1. The summed E-state index contributed by atoms with van der Waals surface area (Å²) in [4.78, 5) is 28.3. The lowest BCUT2D eigenvalue weighted by Crippen LogP contribution is -2.24. The summed E-state index contributed by atoms with van der Waals surface area (Å²) in [6.45, 7) is 0.128. The second-order valence-electron chi connectivity index (χ2n) is 7.23. The standard InChI is InChI=1S/C25H19FN2O4/c26-17-10-8-15-9-11-18(28-22(15)13-17)14-32-19-5-3-4-16(12-19)23(24(27)29)20-6-1-2-7-21(20)25(30)31/h1-13,23H,14H2,(H2,27,29)(H,30,31). The highest BCUT2D eigenvalue weighted by atomic mass is 19.1. The highest BCUT2D eigenvalue weighted by Gasteiger charge is 2.25. The number of rotatable bonds is 7. The topological polar surface area (TPSA) is 103 Å². The lowest BCUT2D eigenvalue weighted by atomic mass is 9.87. The number of carbonyl (C=O) groups is 2. The van der Waals surface area contributed by atoms with Crippen LogP contribution in [-0.2, 0) is 11.4 Å². The van der Waals surface area contributed by atoms with E-state index in [9.17, 15) is 19.1 Å². The highest BCUT2D eigenvalue weighted by molar-refractivity contribution is 5.94. The van der Waals surface area contributed by atoms with E-state index in [1.165, 1.54) is 18.2 Å². The largest absolute Gasteiger partial charge is 0.487 e. The van der Waals surface area contributed by atoms with Crippen molar-refractivity contribution in [2.45, 2.75) is 12.5 Å². The van der Waals surface area contributed by atoms with E-state index in [1.807, 2.05) is 6.07 Å². The van der Waals surface area contributed by atoms with E-state index in [4.69, 9.17) is 10.5 Å². The van der Waals surface area contributed by atoms with Crippen LogP contribution in [0.2, 0.25) is 0 Å². The van der Waals surface area contributed by atoms with Gasteiger partial charge in [-0.2, -0.15) is 0 Å². The van der Waals surface area contributed by atoms with Gasteiger partial charge >= 0.3 is 5.97 Å². The van der Waals surface area contributed by atoms with Crippen molar-refractivity contribution < 1.29 is 23.8 Å². The number of hydrogen-bond acceptors (Lipinski definition) is 4. The summed E-state index contributed by atoms with van der Waals surface area (Å²) in [5.74, 6) is -2.67. The van der Waals surface area contributed by atoms with Crippen LogP contribution in [0.3, 0.4) is 0 Å². The van der Waals surface area contributed by atoms with E-state index in [0.717, 1.165) is 5.39 Å². The average Bonchev–Trinajstić information content (AvgIpc) is 2.78. The van der Waals surface area contributed by atoms with Gasteiger partial charge in [-0.3, -0.25) is 4.79 Å². The number of pyridine rings is 1. The van der Waals surface area contributed by atoms with Crippen LogP contribution < -0.4 is 10.5 Å². The van der Waals surface area contributed by atoms with Gasteiger partial charge in [-0.05, 0) is 47.5 Å². The number of hydrogen-bond donors (Lipinski definition) is 2. The number of carboxylic acid groups (broad SMARTS) is 1. The number of fused-ring (bicyclic) bond motifs is 1. The number of carboxylic acids is 1. The molecule has 1 heterocycles. The van der Waals surface area contributed by atoms with Crippen molar-refractivity contribution in [3.63, 3.8) is 0 Å². The molecule has 1 atom stereocenters. The number of primary amides is 1. The second kappa shape index (κ2) is 8.85. The van der Waals surface area contributed by atoms with Gasteiger partial charge in [0, 0.05) is 11.5 Å². The van der Waals surface area contributed by atoms with Crippen LogP contribution in [0.15, 0.2) is 78.9 Å². The lowest BCUT2D eigenvalue weighted by molar-refractivity contribution is -0.118. The number of nitrogens with zero attached hydrogens (tertiary/aromatic N) is 1. The molecule has 1 unspecified atom stereocenters. The first-order chi connectivity index (χ1) is 15.4. The molecule has 0 radical (unpaired) electrons. The predicted molar refractivity (Wildman–Crippen MR) is 117 cm³/mol. The zero-order valence-electron chi connectivity index (χ0n) is 16.9. The summed E-state index contributed by atoms with van der Waals surface area (Å²) in [5, 5.41) is 10.3. The number of benzene rings is 3. The summed E-state index contributed by atoms with van der Waals surface area (Å²) in [5.41, 5.74) is 7.60. The summed E-state index contributed by atoms with van der Waals surface area (Å²) in [6.07, 6.45) is 0. The molecule has 0 aliphatic heterocycles. The third-order valence-electron chi connectivity index (χ3n) is 5.08. The van der Waals surface area contributed by atoms with E-state index in [1.54, 1.807) is 54.6 Å². The number of aromatic nitrogens is 1. The minimum atomic E-state index is -1.14. The van der Waals surface area contributed by atoms with Gasteiger partial charge in [0.15, 0.2) is 0 Å². The van der Waals surface area contributed by atoms with Crippen LogP contribution in [-0.4, -0.2) is 22.0 Å². The maximum absolute atomic E-state index is 13.5. The Bertz CT molecular complexity index is 1320. The summed E-state index contributed by atoms with van der Waals surface area (Å²) in [7, 11) is 0. The molecule has 32 heavy (non-hydrogen) atoms. The van der Waals surface area contributed by atoms with Crippen molar-refractivity contribution in [1.82, 2.24) is 4.98 Å². The minimum absolute atomic E-state index is 0.00946. The average molecular weight is 430 g/mol. The van der Waals surface area contributed by atoms with Gasteiger partial charge in [0.2, 0.25) is 5.91 Å². The van der Waals surface area contributed by atoms with Crippen molar-refractivity contribution >= 4 is 22.8 Å². The highest BCUT2D eigenvalue weighted by Crippen LogP contribution is 2.30. The molecule has 160 valence electrons. The molecule has 4 aromatic rings. The van der Waals surface area contributed by atoms with Gasteiger partial charge in [0.1, 0.15) is 18.2 Å². The van der Waals surface area contributed by atoms with Gasteiger partial charge < -0.3 is 15.6 Å². The lowest BCUT2D eigenvalue weighted by Gasteiger charge is -2.17. The Balaban J connectivity index is 1.60. The summed E-state index contributed by atoms with van der Waals surface area (Å²) >= 11 is 0. The molecule has 0 spiro atoms. The number of carbonyl (C=O) groups excluding carboxylic acids is 1. The number of ether oxygens (including phenoxy) is 1. The van der Waals surface area contributed by atoms with Gasteiger partial charge in [0.25, 0.3) is 0 Å². The SMILES string of the molecule is NC(=O)C(c1cccc(OCc2ccc3ccc(F)cc3n2)c1)c1ccccc1C(=O)O. The Kier molecular flexibility index (Phi) is 5.81. The van der Waals surface area contributed by atoms with Crippen molar-refractivity contribution in [1.29, 1.82) is 0 Å². The molecule has 6 nitrogen and oxygen atoms in total. The molecule has 0 bridgehead atoms. The molecule has 0 saturated carbocycles. The second-order valence-corrected chi connectivity index (χ2v) is 7.23. The van der Waals surface area contributed by atoms with E-state index < -0.39 is 17.8 Å². The fourth-order valence-corrected chi connectivity index (χ4v) is 3.59.